The Morgan fingerprint density at radius 1 is 0.758 bits per heavy atom. The summed E-state index contributed by atoms with van der Waals surface area (Å²) in [6.45, 7) is 8.68. The molecule has 0 aliphatic heterocycles. The maximum Gasteiger partial charge on any atom is 0.169 e. The van der Waals surface area contributed by atoms with Gasteiger partial charge in [-0.2, -0.15) is 0 Å². The van der Waals surface area contributed by atoms with E-state index in [9.17, 15) is 0 Å². The summed E-state index contributed by atoms with van der Waals surface area (Å²) >= 11 is 6.67. The van der Waals surface area contributed by atoms with Crippen LogP contribution in [-0.2, 0) is 0 Å². The molecule has 3 aromatic carbocycles. The summed E-state index contributed by atoms with van der Waals surface area (Å²) in [6.07, 6.45) is 2.01. The van der Waals surface area contributed by atoms with Gasteiger partial charge < -0.3 is 18.9 Å². The van der Waals surface area contributed by atoms with E-state index in [1.54, 1.807) is 0 Å². The lowest BCUT2D eigenvalue weighted by Crippen LogP contribution is -2.05. The van der Waals surface area contributed by atoms with E-state index in [0.29, 0.717) is 18.1 Å². The van der Waals surface area contributed by atoms with Crippen molar-refractivity contribution in [2.24, 2.45) is 0 Å². The molecule has 0 saturated carbocycles. The maximum atomic E-state index is 6.28. The molecule has 0 heterocycles. The Morgan fingerprint density at radius 2 is 1.39 bits per heavy atom. The van der Waals surface area contributed by atoms with Crippen molar-refractivity contribution in [3.05, 3.63) is 81.8 Å². The highest BCUT2D eigenvalue weighted by molar-refractivity contribution is 9.28. The van der Waals surface area contributed by atoms with Gasteiger partial charge in [0.1, 0.15) is 29.6 Å². The summed E-state index contributed by atoms with van der Waals surface area (Å²) in [4.78, 5) is 0. The van der Waals surface area contributed by atoms with Crippen LogP contribution in [-0.4, -0.2) is 12.7 Å². The normalized spacial score (nSPS) is 10.8. The minimum Gasteiger partial charge on any atom is -0.491 e. The predicted molar refractivity (Wildman–Crippen MR) is 141 cm³/mol. The van der Waals surface area contributed by atoms with Crippen LogP contribution in [0.5, 0.6) is 34.5 Å². The number of halogens is 2. The number of hydrogen-bond acceptors (Lipinski definition) is 4. The van der Waals surface area contributed by atoms with Gasteiger partial charge in [-0.1, -0.05) is 26.0 Å². The van der Waals surface area contributed by atoms with E-state index in [2.05, 4.69) is 45.7 Å². The van der Waals surface area contributed by atoms with Gasteiger partial charge >= 0.3 is 0 Å². The molecule has 0 fully saturated rings. The molecule has 0 bridgehead atoms. The van der Waals surface area contributed by atoms with Crippen LogP contribution in [0.1, 0.15) is 39.2 Å². The molecule has 0 amide bonds. The van der Waals surface area contributed by atoms with Crippen LogP contribution in [0.3, 0.4) is 0 Å². The summed E-state index contributed by atoms with van der Waals surface area (Å²) in [6, 6.07) is 21.2. The first-order valence-electron chi connectivity index (χ1n) is 10.8. The molecule has 0 spiro atoms. The largest absolute Gasteiger partial charge is 0.491 e. The smallest absolute Gasteiger partial charge is 0.169 e. The monoisotopic (exact) mass is 574 g/mol. The fraction of sp³-hybridized carbons (Fsp3) is 0.259. The summed E-state index contributed by atoms with van der Waals surface area (Å²) in [5, 5.41) is 0. The van der Waals surface area contributed by atoms with Crippen LogP contribution in [0.25, 0.3) is 0 Å². The first-order valence-corrected chi connectivity index (χ1v) is 12.4. The zero-order valence-electron chi connectivity index (χ0n) is 19.2. The Balaban J connectivity index is 1.78. The molecule has 0 unspecified atom stereocenters. The molecular formula is C27H28Br2O4. The fourth-order valence-corrected chi connectivity index (χ4v) is 3.36. The second-order valence-corrected chi connectivity index (χ2v) is 10.7. The molecule has 0 N–H and O–H groups in total. The van der Waals surface area contributed by atoms with Crippen LogP contribution in [0.2, 0.25) is 0 Å². The molecule has 4 nitrogen and oxygen atoms in total. The summed E-state index contributed by atoms with van der Waals surface area (Å²) < 4.78 is 24.8. The minimum atomic E-state index is 0.135. The van der Waals surface area contributed by atoms with Crippen molar-refractivity contribution < 1.29 is 18.9 Å². The molecule has 6 heteroatoms. The van der Waals surface area contributed by atoms with E-state index in [1.165, 1.54) is 0 Å². The lowest BCUT2D eigenvalue weighted by atomic mass is 10.0. The van der Waals surface area contributed by atoms with Crippen LogP contribution >= 0.6 is 31.9 Å². The number of para-hydroxylation sites is 2. The molecular weight excluding hydrogens is 548 g/mol. The summed E-state index contributed by atoms with van der Waals surface area (Å²) in [7, 11) is 0. The zero-order valence-corrected chi connectivity index (χ0v) is 22.4. The Kier molecular flexibility index (Phi) is 9.27. The van der Waals surface area contributed by atoms with Crippen LogP contribution in [0.15, 0.2) is 76.2 Å². The third kappa shape index (κ3) is 7.83. The number of benzene rings is 3. The van der Waals surface area contributed by atoms with E-state index in [0.717, 1.165) is 32.0 Å². The quantitative estimate of drug-likeness (QED) is 0.241. The van der Waals surface area contributed by atoms with Gasteiger partial charge in [0, 0.05) is 5.56 Å². The van der Waals surface area contributed by atoms with E-state index < -0.39 is 0 Å². The SMILES string of the molecule is CC(C)Oc1ccc(Oc2ccc(Oc3ccccc3OCC=C(Br)Br)c(C(C)C)c2)cc1. The standard InChI is InChI=1S/C27H28Br2O4/c1-18(2)23-17-22(32-21-11-9-20(10-12-21)31-19(3)4)13-14-24(23)33-26-8-6-5-7-25(26)30-16-15-27(28)29/h5-15,17-19H,16H2,1-4H3. The van der Waals surface area contributed by atoms with Gasteiger partial charge in [0.05, 0.1) is 9.50 Å². The molecule has 3 aromatic rings. The molecule has 174 valence electrons. The highest BCUT2D eigenvalue weighted by Gasteiger charge is 2.14. The summed E-state index contributed by atoms with van der Waals surface area (Å²) in [5.74, 6) is 4.67. The predicted octanol–water partition coefficient (Wildman–Crippen LogP) is 9.19. The Labute approximate surface area is 212 Å². The van der Waals surface area contributed by atoms with Crippen molar-refractivity contribution in [3.63, 3.8) is 0 Å². The van der Waals surface area contributed by atoms with Crippen LogP contribution < -0.4 is 18.9 Å². The molecule has 0 aliphatic rings. The van der Waals surface area contributed by atoms with Gasteiger partial charge in [0.15, 0.2) is 11.5 Å². The average Bonchev–Trinajstić information content (AvgIpc) is 2.76. The van der Waals surface area contributed by atoms with Gasteiger partial charge in [0.25, 0.3) is 0 Å². The first-order chi connectivity index (χ1) is 15.8. The second kappa shape index (κ2) is 12.1. The molecule has 0 aliphatic carbocycles. The number of rotatable bonds is 10. The van der Waals surface area contributed by atoms with Crippen molar-refractivity contribution in [1.82, 2.24) is 0 Å². The van der Waals surface area contributed by atoms with Crippen molar-refractivity contribution >= 4 is 31.9 Å². The van der Waals surface area contributed by atoms with E-state index >= 15 is 0 Å². The van der Waals surface area contributed by atoms with Crippen molar-refractivity contribution in [3.8, 4) is 34.5 Å². The molecule has 0 aromatic heterocycles. The molecule has 0 atom stereocenters. The third-order valence-electron chi connectivity index (χ3n) is 4.58. The van der Waals surface area contributed by atoms with Gasteiger partial charge in [-0.25, -0.2) is 0 Å². The van der Waals surface area contributed by atoms with E-state index in [1.807, 2.05) is 86.7 Å². The van der Waals surface area contributed by atoms with Crippen molar-refractivity contribution in [2.45, 2.75) is 39.7 Å². The van der Waals surface area contributed by atoms with E-state index in [4.69, 9.17) is 18.9 Å². The first kappa shape index (κ1) is 25.2. The van der Waals surface area contributed by atoms with Gasteiger partial charge in [-0.05, 0) is 112 Å². The number of hydrogen-bond donors (Lipinski definition) is 0. The lowest BCUT2D eigenvalue weighted by molar-refractivity contribution is 0.242. The molecule has 0 radical (unpaired) electrons. The Morgan fingerprint density at radius 3 is 2.03 bits per heavy atom. The highest BCUT2D eigenvalue weighted by Crippen LogP contribution is 2.38. The number of ether oxygens (including phenoxy) is 4. The van der Waals surface area contributed by atoms with E-state index in [-0.39, 0.29) is 12.0 Å². The van der Waals surface area contributed by atoms with Crippen LogP contribution in [0.4, 0.5) is 0 Å². The van der Waals surface area contributed by atoms with Gasteiger partial charge in [0.2, 0.25) is 0 Å². The lowest BCUT2D eigenvalue weighted by Gasteiger charge is -2.17. The van der Waals surface area contributed by atoms with Crippen molar-refractivity contribution in [2.75, 3.05) is 6.61 Å². The Hall–Kier alpha value is -2.44. The fourth-order valence-electron chi connectivity index (χ4n) is 3.10. The molecule has 33 heavy (non-hydrogen) atoms. The minimum absolute atomic E-state index is 0.135. The third-order valence-corrected chi connectivity index (χ3v) is 5.23. The summed E-state index contributed by atoms with van der Waals surface area (Å²) in [5.41, 5.74) is 1.05. The topological polar surface area (TPSA) is 36.9 Å². The molecule has 3 rings (SSSR count). The second-order valence-electron chi connectivity index (χ2n) is 7.95. The van der Waals surface area contributed by atoms with Gasteiger partial charge in [-0.15, -0.1) is 0 Å². The zero-order chi connectivity index (χ0) is 23.8. The van der Waals surface area contributed by atoms with Gasteiger partial charge in [-0.3, -0.25) is 0 Å². The highest BCUT2D eigenvalue weighted by atomic mass is 79.9. The van der Waals surface area contributed by atoms with Crippen LogP contribution in [0, 0.1) is 0 Å². The van der Waals surface area contributed by atoms with Crippen molar-refractivity contribution in [1.29, 1.82) is 0 Å². The molecule has 0 saturated heterocycles. The maximum absolute atomic E-state index is 6.28. The Bertz CT molecular complexity index is 1070. The average molecular weight is 576 g/mol.